The molecule has 0 saturated carbocycles. The molecule has 0 aliphatic carbocycles. The van der Waals surface area contributed by atoms with Gasteiger partial charge in [0.15, 0.2) is 0 Å². The predicted octanol–water partition coefficient (Wildman–Crippen LogP) is 2.03. The van der Waals surface area contributed by atoms with E-state index in [0.29, 0.717) is 0 Å². The van der Waals surface area contributed by atoms with Crippen LogP contribution in [-0.2, 0) is 0 Å². The zero-order chi connectivity index (χ0) is 10.8. The van der Waals surface area contributed by atoms with Gasteiger partial charge in [0.1, 0.15) is 0 Å². The van der Waals surface area contributed by atoms with E-state index in [9.17, 15) is 13.2 Å². The first kappa shape index (κ1) is 10.8. The maximum absolute atomic E-state index is 11.7. The molecule has 0 aliphatic heterocycles. The van der Waals surface area contributed by atoms with Gasteiger partial charge in [-0.2, -0.15) is 0 Å². The lowest BCUT2D eigenvalue weighted by Crippen LogP contribution is -2.18. The Morgan fingerprint density at radius 3 is 2.57 bits per heavy atom. The summed E-state index contributed by atoms with van der Waals surface area (Å²) in [4.78, 5) is 3.47. The first-order valence-electron chi connectivity index (χ1n) is 3.79. The molecule has 1 N–H and O–H groups in total. The number of rotatable bonds is 2. The van der Waals surface area contributed by atoms with Gasteiger partial charge in [0.2, 0.25) is 5.88 Å². The average Bonchev–Trinajstić information content (AvgIpc) is 2.01. The van der Waals surface area contributed by atoms with Crippen LogP contribution in [0, 0.1) is 0 Å². The average molecular weight is 207 g/mol. The van der Waals surface area contributed by atoms with E-state index >= 15 is 0 Å². The molecule has 78 valence electrons. The van der Waals surface area contributed by atoms with Gasteiger partial charge >= 0.3 is 6.36 Å². The number of hydrogen-bond donors (Lipinski definition) is 1. The van der Waals surface area contributed by atoms with Crippen molar-refractivity contribution in [3.63, 3.8) is 0 Å². The quantitative estimate of drug-likeness (QED) is 0.806. The highest BCUT2D eigenvalue weighted by atomic mass is 19.4. The van der Waals surface area contributed by atoms with E-state index in [2.05, 4.69) is 9.72 Å². The molecule has 0 radical (unpaired) electrons. The Bertz CT molecular complexity index is 312. The molecule has 1 rings (SSSR count). The van der Waals surface area contributed by atoms with Gasteiger partial charge in [0.25, 0.3) is 0 Å². The van der Waals surface area contributed by atoms with Crippen molar-refractivity contribution in [2.45, 2.75) is 19.4 Å². The Labute approximate surface area is 78.2 Å². The lowest BCUT2D eigenvalue weighted by Gasteiger charge is -2.09. The number of halogens is 3. The van der Waals surface area contributed by atoms with Crippen LogP contribution >= 0.6 is 0 Å². The van der Waals surface area contributed by atoms with Gasteiger partial charge in [-0.3, -0.25) is 0 Å². The molecule has 1 heterocycles. The third-order valence-corrected chi connectivity index (χ3v) is 1.39. The van der Waals surface area contributed by atoms with Gasteiger partial charge < -0.3 is 9.84 Å². The molecular weight excluding hydrogens is 199 g/mol. The summed E-state index contributed by atoms with van der Waals surface area (Å²) in [5, 5.41) is 9.05. The summed E-state index contributed by atoms with van der Waals surface area (Å²) in [6.45, 7) is 1.40. The number of hydrogen-bond acceptors (Lipinski definition) is 3. The Hall–Kier alpha value is -1.30. The fraction of sp³-hybridized carbons (Fsp3) is 0.375. The minimum atomic E-state index is -4.76. The van der Waals surface area contributed by atoms with E-state index in [1.807, 2.05) is 0 Å². The highest BCUT2D eigenvalue weighted by Crippen LogP contribution is 2.21. The van der Waals surface area contributed by atoms with Crippen LogP contribution in [0.4, 0.5) is 13.2 Å². The van der Waals surface area contributed by atoms with Crippen LogP contribution in [-0.4, -0.2) is 16.5 Å². The number of nitrogens with zero attached hydrogens (tertiary/aromatic N) is 1. The molecule has 1 atom stereocenters. The third kappa shape index (κ3) is 3.21. The van der Waals surface area contributed by atoms with Crippen molar-refractivity contribution in [2.75, 3.05) is 0 Å². The second kappa shape index (κ2) is 3.83. The maximum atomic E-state index is 11.7. The molecule has 0 unspecified atom stereocenters. The molecule has 0 bridgehead atoms. The number of aromatic nitrogens is 1. The molecule has 6 heteroatoms. The van der Waals surface area contributed by atoms with Crippen molar-refractivity contribution in [2.24, 2.45) is 0 Å². The fourth-order valence-corrected chi connectivity index (χ4v) is 0.839. The van der Waals surface area contributed by atoms with Crippen LogP contribution in [0.3, 0.4) is 0 Å². The standard InChI is InChI=1S/C8H8F3NO2/c1-5(13)6-3-2-4-7(12-6)14-8(9,10)11/h2-5,13H,1H3/t5-/m1/s1. The zero-order valence-corrected chi connectivity index (χ0v) is 7.25. The van der Waals surface area contributed by atoms with Gasteiger partial charge in [0, 0.05) is 6.07 Å². The molecule has 0 fully saturated rings. The third-order valence-electron chi connectivity index (χ3n) is 1.39. The van der Waals surface area contributed by atoms with Crippen molar-refractivity contribution in [3.05, 3.63) is 23.9 Å². The summed E-state index contributed by atoms with van der Waals surface area (Å²) in [5.41, 5.74) is 0.131. The van der Waals surface area contributed by atoms with Crippen LogP contribution in [0.25, 0.3) is 0 Å². The first-order valence-corrected chi connectivity index (χ1v) is 3.79. The summed E-state index contributed by atoms with van der Waals surface area (Å²) in [6.07, 6.45) is -5.68. The summed E-state index contributed by atoms with van der Waals surface area (Å²) in [7, 11) is 0. The molecule has 1 aromatic heterocycles. The van der Waals surface area contributed by atoms with Crippen LogP contribution in [0.2, 0.25) is 0 Å². The molecule has 0 spiro atoms. The summed E-state index contributed by atoms with van der Waals surface area (Å²) < 4.78 is 38.8. The number of aliphatic hydroxyl groups is 1. The van der Waals surface area contributed by atoms with Gasteiger partial charge in [-0.05, 0) is 13.0 Å². The highest BCUT2D eigenvalue weighted by molar-refractivity contribution is 5.17. The van der Waals surface area contributed by atoms with E-state index in [4.69, 9.17) is 5.11 Å². The molecule has 14 heavy (non-hydrogen) atoms. The second-order valence-electron chi connectivity index (χ2n) is 2.62. The van der Waals surface area contributed by atoms with Crippen LogP contribution in [0.15, 0.2) is 18.2 Å². The lowest BCUT2D eigenvalue weighted by molar-refractivity contribution is -0.276. The normalized spacial score (nSPS) is 13.8. The number of ether oxygens (including phenoxy) is 1. The number of aliphatic hydroxyl groups excluding tert-OH is 1. The monoisotopic (exact) mass is 207 g/mol. The fourth-order valence-electron chi connectivity index (χ4n) is 0.839. The first-order chi connectivity index (χ1) is 6.38. The van der Waals surface area contributed by atoms with Crippen molar-refractivity contribution in [3.8, 4) is 5.88 Å². The summed E-state index contributed by atoms with van der Waals surface area (Å²) in [6, 6.07) is 3.81. The molecule has 0 aromatic carbocycles. The van der Waals surface area contributed by atoms with E-state index < -0.39 is 18.3 Å². The number of pyridine rings is 1. The Balaban J connectivity index is 2.84. The van der Waals surface area contributed by atoms with Crippen LogP contribution in [0.1, 0.15) is 18.7 Å². The van der Waals surface area contributed by atoms with Crippen molar-refractivity contribution >= 4 is 0 Å². The van der Waals surface area contributed by atoms with E-state index in [1.54, 1.807) is 0 Å². The number of alkyl halides is 3. The topological polar surface area (TPSA) is 42.4 Å². The summed E-state index contributed by atoms with van der Waals surface area (Å²) >= 11 is 0. The van der Waals surface area contributed by atoms with Gasteiger partial charge in [-0.1, -0.05) is 6.07 Å². The van der Waals surface area contributed by atoms with Crippen molar-refractivity contribution in [1.29, 1.82) is 0 Å². The smallest absolute Gasteiger partial charge is 0.388 e. The van der Waals surface area contributed by atoms with Crippen molar-refractivity contribution in [1.82, 2.24) is 4.98 Å². The Morgan fingerprint density at radius 1 is 1.43 bits per heavy atom. The van der Waals surface area contributed by atoms with Gasteiger partial charge in [-0.25, -0.2) is 4.98 Å². The molecular formula is C8H8F3NO2. The predicted molar refractivity (Wildman–Crippen MR) is 41.6 cm³/mol. The maximum Gasteiger partial charge on any atom is 0.574 e. The molecule has 0 saturated heterocycles. The minimum absolute atomic E-state index is 0.131. The Morgan fingerprint density at radius 2 is 2.07 bits per heavy atom. The van der Waals surface area contributed by atoms with Crippen LogP contribution < -0.4 is 4.74 Å². The molecule has 1 aromatic rings. The second-order valence-corrected chi connectivity index (χ2v) is 2.62. The zero-order valence-electron chi connectivity index (χ0n) is 7.25. The lowest BCUT2D eigenvalue weighted by atomic mass is 10.2. The minimum Gasteiger partial charge on any atom is -0.388 e. The van der Waals surface area contributed by atoms with E-state index in [1.165, 1.54) is 19.1 Å². The summed E-state index contributed by atoms with van der Waals surface area (Å²) in [5.74, 6) is -0.573. The molecule has 3 nitrogen and oxygen atoms in total. The van der Waals surface area contributed by atoms with E-state index in [0.717, 1.165) is 6.07 Å². The van der Waals surface area contributed by atoms with Crippen molar-refractivity contribution < 1.29 is 23.0 Å². The highest BCUT2D eigenvalue weighted by Gasteiger charge is 2.31. The SMILES string of the molecule is C[C@@H](O)c1cccc(OC(F)(F)F)n1. The van der Waals surface area contributed by atoms with Gasteiger partial charge in [-0.15, -0.1) is 13.2 Å². The molecule has 0 amide bonds. The largest absolute Gasteiger partial charge is 0.574 e. The van der Waals surface area contributed by atoms with Gasteiger partial charge in [0.05, 0.1) is 11.8 Å². The van der Waals surface area contributed by atoms with Crippen LogP contribution in [0.5, 0.6) is 5.88 Å². The van der Waals surface area contributed by atoms with E-state index in [-0.39, 0.29) is 5.69 Å². The molecule has 0 aliphatic rings. The Kier molecular flexibility index (Phi) is 2.95.